The van der Waals surface area contributed by atoms with Gasteiger partial charge >= 0.3 is 33.3 Å². The maximum atomic E-state index is 12.9. The van der Waals surface area contributed by atoms with Gasteiger partial charge in [-0.1, -0.05) is 166 Å². The molecule has 8 N–H and O–H groups in total. The molecule has 0 bridgehead atoms. The quantitative estimate of drug-likeness (QED) is 0.0106. The molecule has 1 aliphatic heterocycles. The Hall–Kier alpha value is -3.36. The molecule has 20 nitrogen and oxygen atoms in total. The number of aliphatic hydroxyl groups excluding tert-OH is 4. The van der Waals surface area contributed by atoms with Gasteiger partial charge in [0.2, 0.25) is 0 Å². The summed E-state index contributed by atoms with van der Waals surface area (Å²) in [4.78, 5) is 62.0. The van der Waals surface area contributed by atoms with Crippen LogP contribution in [-0.4, -0.2) is 108 Å². The number of phosphoric ester groups is 2. The lowest BCUT2D eigenvalue weighted by Gasteiger charge is -2.21. The molecule has 418 valence electrons. The minimum absolute atomic E-state index is 0.00160. The molecule has 2 heterocycles. The van der Waals surface area contributed by atoms with E-state index >= 15 is 0 Å². The summed E-state index contributed by atoms with van der Waals surface area (Å²) in [6.07, 6.45) is 26.8. The number of nitrogen functional groups attached to an aromatic ring is 1. The number of carbonyl (C=O) groups excluding carboxylic acids is 2. The van der Waals surface area contributed by atoms with Gasteiger partial charge in [0.05, 0.1) is 25.4 Å². The van der Waals surface area contributed by atoms with E-state index in [0.29, 0.717) is 12.8 Å². The van der Waals surface area contributed by atoms with Gasteiger partial charge < -0.3 is 50.2 Å². The molecule has 0 amide bonds. The minimum atomic E-state index is -5.48. The molecule has 0 aliphatic carbocycles. The summed E-state index contributed by atoms with van der Waals surface area (Å²) in [6.45, 7) is 4.17. The third-order valence-electron chi connectivity index (χ3n) is 11.8. The third-order valence-corrected chi connectivity index (χ3v) is 14.4. The first-order valence-electron chi connectivity index (χ1n) is 26.2. The zero-order valence-electron chi connectivity index (χ0n) is 43.3. The van der Waals surface area contributed by atoms with Gasteiger partial charge in [0.15, 0.2) is 12.3 Å². The summed E-state index contributed by atoms with van der Waals surface area (Å²) in [5, 5.41) is 41.3. The number of carbonyl (C=O) groups is 2. The number of nitrogens with two attached hydrogens (primary N) is 1. The van der Waals surface area contributed by atoms with Crippen LogP contribution in [0.15, 0.2) is 65.7 Å². The Labute approximate surface area is 432 Å². The highest BCUT2D eigenvalue weighted by atomic mass is 31.3. The highest BCUT2D eigenvalue weighted by Gasteiger charge is 2.46. The molecular formula is C51H87N3O17P2. The van der Waals surface area contributed by atoms with Gasteiger partial charge in [-0.25, -0.2) is 13.9 Å². The molecule has 1 aliphatic rings. The zero-order chi connectivity index (χ0) is 53.9. The van der Waals surface area contributed by atoms with Gasteiger partial charge in [0.25, 0.3) is 0 Å². The first kappa shape index (κ1) is 65.8. The van der Waals surface area contributed by atoms with Crippen molar-refractivity contribution in [3.8, 4) is 0 Å². The second kappa shape index (κ2) is 38.2. The lowest BCUT2D eigenvalue weighted by molar-refractivity contribution is -0.161. The first-order valence-corrected chi connectivity index (χ1v) is 29.2. The number of nitrogens with zero attached hydrogens (tertiary/aromatic N) is 2. The number of hydrogen-bond donors (Lipinski definition) is 7. The SMILES string of the molecule is CCCCC/C=C\C[C@@H](O)/C=C/C=C/C=C\[C@@H](O)CCCC(=O)OC[C@H](COP(=O)(O)OP(=O)(O)OC[C@H]1O[C@@H](n2ccc(N)nc2=O)[C@H](O)[C@@H]1O)OC(=O)CCCCCCCCCCCCCCCC(C)C. The topological polar surface area (TPSA) is 306 Å². The molecule has 1 fully saturated rings. The average Bonchev–Trinajstić information content (AvgIpc) is 3.60. The van der Waals surface area contributed by atoms with E-state index in [1.54, 1.807) is 36.5 Å². The van der Waals surface area contributed by atoms with Crippen molar-refractivity contribution < 1.29 is 76.5 Å². The zero-order valence-corrected chi connectivity index (χ0v) is 45.1. The van der Waals surface area contributed by atoms with Crippen LogP contribution in [0.4, 0.5) is 5.82 Å². The van der Waals surface area contributed by atoms with Crippen LogP contribution in [-0.2, 0) is 46.3 Å². The maximum Gasteiger partial charge on any atom is 0.481 e. The number of allylic oxidation sites excluding steroid dienone is 5. The standard InChI is InChI=1S/C51H87N3O17P2/c1-4-5-6-7-18-23-29-41(55)30-24-20-21-25-31-42(56)32-27-34-46(57)66-37-43(69-47(58)33-26-19-16-14-12-10-8-9-11-13-15-17-22-28-40(2)3)38-67-72(62,63)71-73(64,65)68-39-44-48(59)49(60)50(70-44)54-36-35-45(52)53-51(54)61/h18,20-21,23-25,30-31,35-36,40-44,48-50,55-56,59-60H,4-17,19,22,26-29,32-34,37-39H2,1-3H3,(H,62,63)(H,64,65)(H2,52,53,61)/b21-20+,23-18-,30-24+,31-25-/t41-,42-,43-,44-,48-,49-,50-/m1/s1. The number of aromatic nitrogens is 2. The maximum absolute atomic E-state index is 12.9. The van der Waals surface area contributed by atoms with Crippen LogP contribution in [0.2, 0.25) is 0 Å². The van der Waals surface area contributed by atoms with Crippen LogP contribution < -0.4 is 11.4 Å². The van der Waals surface area contributed by atoms with Crippen LogP contribution in [0.1, 0.15) is 175 Å². The monoisotopic (exact) mass is 1080 g/mol. The van der Waals surface area contributed by atoms with E-state index in [1.165, 1.54) is 70.3 Å². The molecule has 0 radical (unpaired) electrons. The molecule has 1 aromatic heterocycles. The summed E-state index contributed by atoms with van der Waals surface area (Å²) in [5.74, 6) is -0.777. The van der Waals surface area contributed by atoms with Crippen LogP contribution >= 0.6 is 15.6 Å². The van der Waals surface area contributed by atoms with E-state index in [9.17, 15) is 53.7 Å². The molecule has 0 spiro atoms. The molecule has 0 saturated carbocycles. The number of ether oxygens (including phenoxy) is 3. The highest BCUT2D eigenvalue weighted by Crippen LogP contribution is 2.60. The summed E-state index contributed by atoms with van der Waals surface area (Å²) < 4.78 is 56.6. The van der Waals surface area contributed by atoms with Crippen molar-refractivity contribution in [2.75, 3.05) is 25.6 Å². The van der Waals surface area contributed by atoms with Gasteiger partial charge in [0.1, 0.15) is 30.7 Å². The predicted octanol–water partition coefficient (Wildman–Crippen LogP) is 8.75. The fraction of sp³-hybridized carbons (Fsp3) is 0.725. The molecule has 0 aromatic carbocycles. The van der Waals surface area contributed by atoms with Crippen LogP contribution in [0.3, 0.4) is 0 Å². The van der Waals surface area contributed by atoms with Crippen molar-refractivity contribution in [1.29, 1.82) is 0 Å². The number of rotatable bonds is 42. The number of hydrogen-bond acceptors (Lipinski definition) is 17. The number of phosphoric acid groups is 2. The van der Waals surface area contributed by atoms with Gasteiger partial charge in [0, 0.05) is 19.0 Å². The Balaban J connectivity index is 1.86. The summed E-state index contributed by atoms with van der Waals surface area (Å²) in [7, 11) is -10.9. The smallest absolute Gasteiger partial charge is 0.462 e. The normalized spacial score (nSPS) is 20.3. The Morgan fingerprint density at radius 1 is 0.753 bits per heavy atom. The summed E-state index contributed by atoms with van der Waals surface area (Å²) >= 11 is 0. The summed E-state index contributed by atoms with van der Waals surface area (Å²) in [6, 6.07) is 1.23. The average molecular weight is 1080 g/mol. The van der Waals surface area contributed by atoms with E-state index in [0.717, 1.165) is 61.6 Å². The molecule has 9 atom stereocenters. The van der Waals surface area contributed by atoms with E-state index in [2.05, 4.69) is 36.1 Å². The van der Waals surface area contributed by atoms with E-state index in [-0.39, 0.29) is 31.5 Å². The molecule has 1 saturated heterocycles. The molecule has 73 heavy (non-hydrogen) atoms. The van der Waals surface area contributed by atoms with Crippen LogP contribution in [0.5, 0.6) is 0 Å². The van der Waals surface area contributed by atoms with Crippen molar-refractivity contribution in [2.24, 2.45) is 5.92 Å². The van der Waals surface area contributed by atoms with Crippen molar-refractivity contribution >= 4 is 33.4 Å². The predicted molar refractivity (Wildman–Crippen MR) is 278 cm³/mol. The number of esters is 2. The molecular weight excluding hydrogens is 989 g/mol. The number of anilines is 1. The van der Waals surface area contributed by atoms with E-state index in [4.69, 9.17) is 29.0 Å². The van der Waals surface area contributed by atoms with Gasteiger partial charge in [-0.3, -0.25) is 23.2 Å². The molecule has 22 heteroatoms. The van der Waals surface area contributed by atoms with Crippen molar-refractivity contribution in [3.05, 3.63) is 71.4 Å². The second-order valence-corrected chi connectivity index (χ2v) is 22.0. The fourth-order valence-corrected chi connectivity index (χ4v) is 9.74. The van der Waals surface area contributed by atoms with E-state index < -0.39 is 95.9 Å². The van der Waals surface area contributed by atoms with Crippen LogP contribution in [0.25, 0.3) is 0 Å². The lowest BCUT2D eigenvalue weighted by atomic mass is 10.0. The Morgan fingerprint density at radius 3 is 1.96 bits per heavy atom. The Bertz CT molecular complexity index is 1960. The van der Waals surface area contributed by atoms with Crippen molar-refractivity contribution in [2.45, 2.75) is 211 Å². The molecule has 2 unspecified atom stereocenters. The van der Waals surface area contributed by atoms with Crippen molar-refractivity contribution in [1.82, 2.24) is 9.55 Å². The lowest BCUT2D eigenvalue weighted by Crippen LogP contribution is -2.36. The first-order chi connectivity index (χ1) is 34.8. The molecule has 1 aromatic rings. The highest BCUT2D eigenvalue weighted by molar-refractivity contribution is 7.61. The third kappa shape index (κ3) is 32.0. The van der Waals surface area contributed by atoms with Crippen molar-refractivity contribution in [3.63, 3.8) is 0 Å². The number of aliphatic hydroxyl groups is 4. The van der Waals surface area contributed by atoms with Gasteiger partial charge in [-0.05, 0) is 50.5 Å². The summed E-state index contributed by atoms with van der Waals surface area (Å²) in [5.41, 5.74) is 4.57. The van der Waals surface area contributed by atoms with Crippen LogP contribution in [0, 0.1) is 5.92 Å². The Morgan fingerprint density at radius 2 is 1.34 bits per heavy atom. The van der Waals surface area contributed by atoms with E-state index in [1.807, 2.05) is 6.08 Å². The van der Waals surface area contributed by atoms with Gasteiger partial charge in [-0.15, -0.1) is 0 Å². The number of unbranched alkanes of at least 4 members (excludes halogenated alkanes) is 15. The largest absolute Gasteiger partial charge is 0.481 e. The minimum Gasteiger partial charge on any atom is -0.462 e. The fourth-order valence-electron chi connectivity index (χ4n) is 7.63. The molecule has 2 rings (SSSR count). The Kier molecular flexibility index (Phi) is 34.4. The van der Waals surface area contributed by atoms with Gasteiger partial charge in [-0.2, -0.15) is 9.29 Å². The second-order valence-electron chi connectivity index (χ2n) is 18.9.